The molecule has 1 amide bonds. The number of nitrogens with one attached hydrogen (secondary N) is 1. The van der Waals surface area contributed by atoms with Crippen LogP contribution >= 0.6 is 0 Å². The molecule has 1 aromatic carbocycles. The van der Waals surface area contributed by atoms with Crippen LogP contribution in [0.2, 0.25) is 0 Å². The minimum atomic E-state index is -0.277. The average molecular weight is 350 g/mol. The van der Waals surface area contributed by atoms with Gasteiger partial charge in [-0.2, -0.15) is 5.10 Å². The number of nitrogens with zero attached hydrogens (tertiary/aromatic N) is 3. The van der Waals surface area contributed by atoms with Crippen LogP contribution in [-0.2, 0) is 11.3 Å². The quantitative estimate of drug-likeness (QED) is 0.698. The number of hydrogen-bond donors (Lipinski definition) is 1. The first kappa shape index (κ1) is 17.3. The van der Waals surface area contributed by atoms with Crippen LogP contribution in [0.4, 0.5) is 0 Å². The summed E-state index contributed by atoms with van der Waals surface area (Å²) in [4.78, 5) is 27.7. The van der Waals surface area contributed by atoms with Gasteiger partial charge in [-0.05, 0) is 18.2 Å². The van der Waals surface area contributed by atoms with Crippen LogP contribution < -0.4 is 15.6 Å². The number of hydrogen-bond acceptors (Lipinski definition) is 5. The van der Waals surface area contributed by atoms with Crippen LogP contribution in [0.3, 0.4) is 0 Å². The smallest absolute Gasteiger partial charge is 0.266 e. The van der Waals surface area contributed by atoms with Gasteiger partial charge in [0.15, 0.2) is 6.61 Å². The Balaban J connectivity index is 1.53. The molecule has 0 unspecified atom stereocenters. The van der Waals surface area contributed by atoms with E-state index < -0.39 is 0 Å². The van der Waals surface area contributed by atoms with Gasteiger partial charge in [-0.1, -0.05) is 30.3 Å². The first-order chi connectivity index (χ1) is 12.7. The van der Waals surface area contributed by atoms with Gasteiger partial charge in [-0.25, -0.2) is 4.68 Å². The molecule has 0 bridgehead atoms. The molecule has 7 heteroatoms. The lowest BCUT2D eigenvalue weighted by Gasteiger charge is -2.09. The van der Waals surface area contributed by atoms with E-state index in [1.54, 1.807) is 24.4 Å². The number of carbonyl (C=O) groups is 1. The van der Waals surface area contributed by atoms with Gasteiger partial charge in [0.25, 0.3) is 11.5 Å². The number of carbonyl (C=O) groups excluding carboxylic acids is 1. The highest BCUT2D eigenvalue weighted by Gasteiger charge is 2.05. The minimum absolute atomic E-state index is 0.113. The van der Waals surface area contributed by atoms with Crippen molar-refractivity contribution in [2.24, 2.45) is 0 Å². The Hall–Kier alpha value is -3.48. The summed E-state index contributed by atoms with van der Waals surface area (Å²) in [6, 6.07) is 16.2. The third-order valence-electron chi connectivity index (χ3n) is 3.59. The fourth-order valence-corrected chi connectivity index (χ4v) is 2.31. The van der Waals surface area contributed by atoms with E-state index in [9.17, 15) is 9.59 Å². The second-order valence-electron chi connectivity index (χ2n) is 5.47. The van der Waals surface area contributed by atoms with Gasteiger partial charge in [0.05, 0.1) is 18.4 Å². The van der Waals surface area contributed by atoms with Crippen molar-refractivity contribution < 1.29 is 9.53 Å². The van der Waals surface area contributed by atoms with Gasteiger partial charge >= 0.3 is 0 Å². The van der Waals surface area contributed by atoms with Crippen LogP contribution in [0.5, 0.6) is 5.75 Å². The van der Waals surface area contributed by atoms with Gasteiger partial charge < -0.3 is 10.1 Å². The number of aromatic nitrogens is 3. The molecule has 3 aromatic rings. The molecule has 132 valence electrons. The maximum absolute atomic E-state index is 11.9. The Morgan fingerprint density at radius 2 is 1.92 bits per heavy atom. The molecule has 2 heterocycles. The lowest BCUT2D eigenvalue weighted by molar-refractivity contribution is -0.123. The van der Waals surface area contributed by atoms with E-state index in [1.807, 2.05) is 30.3 Å². The summed E-state index contributed by atoms with van der Waals surface area (Å²) in [5.41, 5.74) is 1.41. The zero-order valence-electron chi connectivity index (χ0n) is 14.0. The van der Waals surface area contributed by atoms with E-state index in [1.165, 1.54) is 16.9 Å². The largest absolute Gasteiger partial charge is 0.482 e. The SMILES string of the molecule is O=C(COc1cccnc1)NCCn1nc(-c2ccccc2)ccc1=O. The van der Waals surface area contributed by atoms with Gasteiger partial charge in [-0.3, -0.25) is 14.6 Å². The Bertz CT molecular complexity index is 911. The molecule has 0 atom stereocenters. The number of pyridine rings is 1. The molecular weight excluding hydrogens is 332 g/mol. The fourth-order valence-electron chi connectivity index (χ4n) is 2.31. The van der Waals surface area contributed by atoms with E-state index in [4.69, 9.17) is 4.74 Å². The Morgan fingerprint density at radius 1 is 1.08 bits per heavy atom. The summed E-state index contributed by atoms with van der Waals surface area (Å²) in [6.45, 7) is 0.441. The molecule has 7 nitrogen and oxygen atoms in total. The summed E-state index contributed by atoms with van der Waals surface area (Å²) in [6.07, 6.45) is 3.16. The molecule has 0 aliphatic carbocycles. The molecule has 0 saturated carbocycles. The van der Waals surface area contributed by atoms with Crippen molar-refractivity contribution in [1.29, 1.82) is 0 Å². The first-order valence-corrected chi connectivity index (χ1v) is 8.15. The third-order valence-corrected chi connectivity index (χ3v) is 3.59. The summed E-state index contributed by atoms with van der Waals surface area (Å²) in [5, 5.41) is 7.05. The second-order valence-corrected chi connectivity index (χ2v) is 5.47. The Kier molecular flexibility index (Phi) is 5.72. The highest BCUT2D eigenvalue weighted by Crippen LogP contribution is 2.13. The van der Waals surface area contributed by atoms with Gasteiger partial charge in [0, 0.05) is 24.4 Å². The molecule has 2 aromatic heterocycles. The van der Waals surface area contributed by atoms with Crippen LogP contribution in [-0.4, -0.2) is 33.8 Å². The minimum Gasteiger partial charge on any atom is -0.482 e. The second kappa shape index (κ2) is 8.57. The summed E-state index contributed by atoms with van der Waals surface area (Å²) < 4.78 is 6.65. The maximum Gasteiger partial charge on any atom is 0.266 e. The Morgan fingerprint density at radius 3 is 2.69 bits per heavy atom. The van der Waals surface area contributed by atoms with E-state index >= 15 is 0 Å². The highest BCUT2D eigenvalue weighted by atomic mass is 16.5. The normalized spacial score (nSPS) is 10.3. The maximum atomic E-state index is 11.9. The molecular formula is C19H18N4O3. The van der Waals surface area contributed by atoms with Crippen LogP contribution in [0.15, 0.2) is 71.8 Å². The molecule has 0 radical (unpaired) electrons. The lowest BCUT2D eigenvalue weighted by atomic mass is 10.1. The lowest BCUT2D eigenvalue weighted by Crippen LogP contribution is -2.34. The predicted octanol–water partition coefficient (Wildman–Crippen LogP) is 1.50. The zero-order valence-corrected chi connectivity index (χ0v) is 14.0. The topological polar surface area (TPSA) is 86.1 Å². The van der Waals surface area contributed by atoms with E-state index in [0.717, 1.165) is 5.56 Å². The van der Waals surface area contributed by atoms with Crippen molar-refractivity contribution in [2.45, 2.75) is 6.54 Å². The van der Waals surface area contributed by atoms with Crippen molar-refractivity contribution in [1.82, 2.24) is 20.1 Å². The molecule has 3 rings (SSSR count). The molecule has 1 N–H and O–H groups in total. The summed E-state index contributed by atoms with van der Waals surface area (Å²) in [5.74, 6) is 0.247. The van der Waals surface area contributed by atoms with Crippen LogP contribution in [0.1, 0.15) is 0 Å². The fraction of sp³-hybridized carbons (Fsp3) is 0.158. The van der Waals surface area contributed by atoms with Crippen molar-refractivity contribution >= 4 is 5.91 Å². The van der Waals surface area contributed by atoms with Crippen LogP contribution in [0, 0.1) is 0 Å². The first-order valence-electron chi connectivity index (χ1n) is 8.15. The monoisotopic (exact) mass is 350 g/mol. The molecule has 0 aliphatic rings. The van der Waals surface area contributed by atoms with Crippen molar-refractivity contribution in [3.8, 4) is 17.0 Å². The van der Waals surface area contributed by atoms with Crippen molar-refractivity contribution in [3.05, 3.63) is 77.3 Å². The number of benzene rings is 1. The van der Waals surface area contributed by atoms with E-state index in [0.29, 0.717) is 11.4 Å². The highest BCUT2D eigenvalue weighted by molar-refractivity contribution is 5.77. The number of ether oxygens (including phenoxy) is 1. The average Bonchev–Trinajstić information content (AvgIpc) is 2.69. The van der Waals surface area contributed by atoms with Crippen molar-refractivity contribution in [3.63, 3.8) is 0 Å². The number of amides is 1. The van der Waals surface area contributed by atoms with E-state index in [-0.39, 0.29) is 31.2 Å². The molecule has 0 saturated heterocycles. The zero-order chi connectivity index (χ0) is 18.2. The van der Waals surface area contributed by atoms with Crippen LogP contribution in [0.25, 0.3) is 11.3 Å². The predicted molar refractivity (Wildman–Crippen MR) is 96.7 cm³/mol. The molecule has 0 aliphatic heterocycles. The summed E-state index contributed by atoms with van der Waals surface area (Å²) in [7, 11) is 0. The molecule has 0 spiro atoms. The van der Waals surface area contributed by atoms with Gasteiger partial charge in [0.1, 0.15) is 5.75 Å². The third kappa shape index (κ3) is 4.76. The summed E-state index contributed by atoms with van der Waals surface area (Å²) >= 11 is 0. The number of rotatable bonds is 7. The molecule has 0 fully saturated rings. The standard InChI is InChI=1S/C19H18N4O3/c24-18(14-26-16-7-4-10-20-13-16)21-11-12-23-19(25)9-8-17(22-23)15-5-2-1-3-6-15/h1-10,13H,11-12,14H2,(H,21,24). The van der Waals surface area contributed by atoms with Gasteiger partial charge in [0.2, 0.25) is 0 Å². The van der Waals surface area contributed by atoms with E-state index in [2.05, 4.69) is 15.4 Å². The molecule has 26 heavy (non-hydrogen) atoms. The van der Waals surface area contributed by atoms with Gasteiger partial charge in [-0.15, -0.1) is 0 Å². The Labute approximate surface area is 150 Å². The van der Waals surface area contributed by atoms with Crippen molar-refractivity contribution in [2.75, 3.05) is 13.2 Å².